The molecule has 2 aromatic rings. The molecular weight excluding hydrogens is 448 g/mol. The Balaban J connectivity index is 1.89. The molecule has 7 heteroatoms. The third-order valence-corrected chi connectivity index (χ3v) is 6.94. The first kappa shape index (κ1) is 27.3. The summed E-state index contributed by atoms with van der Waals surface area (Å²) in [5.41, 5.74) is 1.69. The Morgan fingerprint density at radius 3 is 1.38 bits per heavy atom. The molecule has 2 atom stereocenters. The molecule has 0 aromatic heterocycles. The molecule has 0 aliphatic rings. The second-order valence-electron chi connectivity index (χ2n) is 9.32. The predicted molar refractivity (Wildman–Crippen MR) is 139 cm³/mol. The molecule has 0 saturated heterocycles. The molecule has 0 amide bonds. The van der Waals surface area contributed by atoms with Crippen LogP contribution in [0.3, 0.4) is 0 Å². The van der Waals surface area contributed by atoms with Crippen LogP contribution in [0.4, 0.5) is 0 Å². The molecular formula is C27H36N2O4S. The molecule has 0 fully saturated rings. The van der Waals surface area contributed by atoms with Crippen LogP contribution in [0.15, 0.2) is 60.7 Å². The first-order chi connectivity index (χ1) is 16.1. The fourth-order valence-electron chi connectivity index (χ4n) is 4.24. The van der Waals surface area contributed by atoms with Gasteiger partial charge in [0.05, 0.1) is 0 Å². The highest BCUT2D eigenvalue weighted by atomic mass is 32.1. The molecule has 0 radical (unpaired) electrons. The predicted octanol–water partition coefficient (Wildman–Crippen LogP) is 4.88. The van der Waals surface area contributed by atoms with Crippen LogP contribution >= 0.6 is 12.2 Å². The van der Waals surface area contributed by atoms with Gasteiger partial charge in [-0.05, 0) is 59.9 Å². The Hall–Kier alpha value is -2.93. The highest BCUT2D eigenvalue weighted by Crippen LogP contribution is 2.33. The van der Waals surface area contributed by atoms with Crippen LogP contribution in [-0.4, -0.2) is 40.4 Å². The zero-order valence-corrected chi connectivity index (χ0v) is 20.9. The monoisotopic (exact) mass is 484 g/mol. The van der Waals surface area contributed by atoms with Gasteiger partial charge in [-0.3, -0.25) is 9.59 Å². The topological polar surface area (TPSA) is 98.7 Å². The number of aliphatic carboxylic acids is 2. The molecule has 0 aliphatic heterocycles. The van der Waals surface area contributed by atoms with Gasteiger partial charge in [0.15, 0.2) is 5.11 Å². The Bertz CT molecular complexity index is 863. The van der Waals surface area contributed by atoms with Gasteiger partial charge >= 0.3 is 11.9 Å². The van der Waals surface area contributed by atoms with Gasteiger partial charge in [0, 0.05) is 25.9 Å². The van der Waals surface area contributed by atoms with Gasteiger partial charge in [-0.15, -0.1) is 0 Å². The maximum absolute atomic E-state index is 11.2. The van der Waals surface area contributed by atoms with E-state index in [-0.39, 0.29) is 23.7 Å². The van der Waals surface area contributed by atoms with Gasteiger partial charge in [-0.2, -0.15) is 0 Å². The summed E-state index contributed by atoms with van der Waals surface area (Å²) in [6, 6.07) is 20.0. The zero-order chi connectivity index (χ0) is 25.0. The standard InChI is InChI=1S/C27H36N2O4S/c1-26(15-13-23(30)31,21-9-5-3-6-10-21)17-19-28-25(34)29-20-18-27(2,16-14-24(32)33)22-11-7-4-8-12-22/h3-12H,13-20H2,1-2H3,(H,30,31)(H,32,33)(H2,28,29,34). The number of carboxylic acid groups (broad SMARTS) is 2. The lowest BCUT2D eigenvalue weighted by molar-refractivity contribution is -0.138. The van der Waals surface area contributed by atoms with E-state index in [2.05, 4.69) is 24.5 Å². The van der Waals surface area contributed by atoms with E-state index in [1.807, 2.05) is 60.7 Å². The van der Waals surface area contributed by atoms with E-state index < -0.39 is 11.9 Å². The van der Waals surface area contributed by atoms with Crippen LogP contribution in [0.5, 0.6) is 0 Å². The fourth-order valence-corrected chi connectivity index (χ4v) is 4.44. The Kier molecular flexibility index (Phi) is 10.5. The van der Waals surface area contributed by atoms with Crippen molar-refractivity contribution in [2.45, 2.75) is 63.2 Å². The van der Waals surface area contributed by atoms with Crippen LogP contribution in [0.2, 0.25) is 0 Å². The third-order valence-electron chi connectivity index (χ3n) is 6.65. The van der Waals surface area contributed by atoms with Gasteiger partial charge in [0.25, 0.3) is 0 Å². The van der Waals surface area contributed by atoms with E-state index in [0.29, 0.717) is 31.0 Å². The van der Waals surface area contributed by atoms with Gasteiger partial charge < -0.3 is 20.8 Å². The summed E-state index contributed by atoms with van der Waals surface area (Å²) in [5, 5.41) is 25.4. The SMILES string of the molecule is CC(CCNC(=S)NCCC(C)(CCC(=O)O)c1ccccc1)(CCC(=O)O)c1ccccc1. The Morgan fingerprint density at radius 1 is 0.706 bits per heavy atom. The highest BCUT2D eigenvalue weighted by Gasteiger charge is 2.28. The van der Waals surface area contributed by atoms with Crippen LogP contribution in [0, 0.1) is 0 Å². The summed E-state index contributed by atoms with van der Waals surface area (Å²) < 4.78 is 0. The first-order valence-electron chi connectivity index (χ1n) is 11.7. The number of nitrogens with one attached hydrogen (secondary N) is 2. The minimum Gasteiger partial charge on any atom is -0.481 e. The van der Waals surface area contributed by atoms with Gasteiger partial charge in [-0.1, -0.05) is 74.5 Å². The van der Waals surface area contributed by atoms with Crippen molar-refractivity contribution in [1.29, 1.82) is 0 Å². The Labute approximate surface area is 207 Å². The second-order valence-corrected chi connectivity index (χ2v) is 9.73. The second kappa shape index (κ2) is 13.1. The van der Waals surface area contributed by atoms with Crippen LogP contribution < -0.4 is 10.6 Å². The summed E-state index contributed by atoms with van der Waals surface area (Å²) in [6.07, 6.45) is 2.81. The molecule has 184 valence electrons. The fraction of sp³-hybridized carbons (Fsp3) is 0.444. The number of rotatable bonds is 14. The average Bonchev–Trinajstić information content (AvgIpc) is 2.82. The van der Waals surface area contributed by atoms with Crippen molar-refractivity contribution in [3.8, 4) is 0 Å². The minimum atomic E-state index is -0.795. The number of carbonyl (C=O) groups is 2. The average molecular weight is 485 g/mol. The summed E-state index contributed by atoms with van der Waals surface area (Å²) in [7, 11) is 0. The third kappa shape index (κ3) is 8.78. The number of hydrogen-bond acceptors (Lipinski definition) is 3. The Morgan fingerprint density at radius 2 is 1.06 bits per heavy atom. The summed E-state index contributed by atoms with van der Waals surface area (Å²) in [6.45, 7) is 5.42. The molecule has 0 aliphatic carbocycles. The van der Waals surface area contributed by atoms with E-state index >= 15 is 0 Å². The lowest BCUT2D eigenvalue weighted by atomic mass is 9.76. The zero-order valence-electron chi connectivity index (χ0n) is 20.0. The summed E-state index contributed by atoms with van der Waals surface area (Å²) in [5.74, 6) is -1.59. The molecule has 2 rings (SSSR count). The van der Waals surface area contributed by atoms with E-state index in [9.17, 15) is 19.8 Å². The van der Waals surface area contributed by atoms with E-state index in [0.717, 1.165) is 24.0 Å². The van der Waals surface area contributed by atoms with Crippen LogP contribution in [0.1, 0.15) is 63.5 Å². The first-order valence-corrected chi connectivity index (χ1v) is 12.1. The molecule has 2 aromatic carbocycles. The lowest BCUT2D eigenvalue weighted by Gasteiger charge is -2.31. The largest absolute Gasteiger partial charge is 0.481 e. The molecule has 34 heavy (non-hydrogen) atoms. The van der Waals surface area contributed by atoms with Crippen LogP contribution in [0.25, 0.3) is 0 Å². The van der Waals surface area contributed by atoms with E-state index in [1.54, 1.807) is 0 Å². The van der Waals surface area contributed by atoms with Crippen LogP contribution in [-0.2, 0) is 20.4 Å². The minimum absolute atomic E-state index is 0.114. The van der Waals surface area contributed by atoms with Crippen molar-refractivity contribution in [3.05, 3.63) is 71.8 Å². The molecule has 0 heterocycles. The van der Waals surface area contributed by atoms with Gasteiger partial charge in [0.2, 0.25) is 0 Å². The highest BCUT2D eigenvalue weighted by molar-refractivity contribution is 7.80. The smallest absolute Gasteiger partial charge is 0.303 e. The van der Waals surface area contributed by atoms with Gasteiger partial charge in [0.1, 0.15) is 0 Å². The molecule has 4 N–H and O–H groups in total. The van der Waals surface area contributed by atoms with Crippen molar-refractivity contribution in [1.82, 2.24) is 10.6 Å². The summed E-state index contributed by atoms with van der Waals surface area (Å²) >= 11 is 5.47. The number of hydrogen-bond donors (Lipinski definition) is 4. The maximum atomic E-state index is 11.2. The molecule has 0 saturated carbocycles. The maximum Gasteiger partial charge on any atom is 0.303 e. The normalized spacial score (nSPS) is 14.4. The van der Waals surface area contributed by atoms with Crippen molar-refractivity contribution >= 4 is 29.3 Å². The molecule has 0 bridgehead atoms. The molecule has 2 unspecified atom stereocenters. The van der Waals surface area contributed by atoms with E-state index in [1.165, 1.54) is 0 Å². The van der Waals surface area contributed by atoms with Crippen molar-refractivity contribution in [3.63, 3.8) is 0 Å². The van der Waals surface area contributed by atoms with Gasteiger partial charge in [-0.25, -0.2) is 0 Å². The summed E-state index contributed by atoms with van der Waals surface area (Å²) in [4.78, 5) is 22.3. The molecule has 0 spiro atoms. The van der Waals surface area contributed by atoms with Crippen molar-refractivity contribution in [2.75, 3.05) is 13.1 Å². The van der Waals surface area contributed by atoms with Crippen molar-refractivity contribution in [2.24, 2.45) is 0 Å². The number of thiocarbonyl (C=S) groups is 1. The number of carboxylic acids is 2. The van der Waals surface area contributed by atoms with Crippen molar-refractivity contribution < 1.29 is 19.8 Å². The lowest BCUT2D eigenvalue weighted by Crippen LogP contribution is -2.40. The molecule has 6 nitrogen and oxygen atoms in total. The number of benzene rings is 2. The van der Waals surface area contributed by atoms with E-state index in [4.69, 9.17) is 12.2 Å². The quantitative estimate of drug-likeness (QED) is 0.284.